The van der Waals surface area contributed by atoms with Crippen LogP contribution in [0.25, 0.3) is 0 Å². The number of hydrogen-bond acceptors (Lipinski definition) is 0. The van der Waals surface area contributed by atoms with Crippen LogP contribution in [0.5, 0.6) is 0 Å². The van der Waals surface area contributed by atoms with Crippen molar-refractivity contribution in [2.75, 3.05) is 0 Å². The van der Waals surface area contributed by atoms with E-state index >= 15 is 0 Å². The third-order valence-corrected chi connectivity index (χ3v) is 0. The summed E-state index contributed by atoms with van der Waals surface area (Å²) in [6.07, 6.45) is 0. The normalized spacial score (nSPS) is 1.75. The van der Waals surface area contributed by atoms with E-state index in [4.69, 9.17) is 0 Å². The molecule has 0 radical (unpaired) electrons. The van der Waals surface area contributed by atoms with Crippen LogP contribution in [0.4, 0.5) is 0 Å². The van der Waals surface area contributed by atoms with Gasteiger partial charge in [0.15, 0.2) is 0 Å². The summed E-state index contributed by atoms with van der Waals surface area (Å²) in [5.74, 6) is 0. The van der Waals surface area contributed by atoms with Crippen LogP contribution in [0, 0.1) is 0 Å². The molecule has 0 fully saturated rings. The molecule has 0 aliphatic carbocycles. The molecule has 0 saturated heterocycles. The first-order valence-corrected chi connectivity index (χ1v) is 1.56. The Morgan fingerprint density at radius 3 is 1.25 bits per heavy atom. The Morgan fingerprint density at radius 1 is 1.25 bits per heavy atom. The minimum atomic E-state index is 0. The second kappa shape index (κ2) is 16.4. The predicted octanol–water partition coefficient (Wildman–Crippen LogP) is -5.30. The molecule has 0 bridgehead atoms. The van der Waals surface area contributed by atoms with Crippen LogP contribution in [0.3, 0.4) is 0 Å². The smallest absolute Gasteiger partial charge is 1.00 e. The molecule has 4 heteroatoms. The van der Waals surface area contributed by atoms with Crippen molar-refractivity contribution in [3.63, 3.8) is 0 Å². The Hall–Kier alpha value is 3.16. The number of halogens is 2. The first-order valence-electron chi connectivity index (χ1n) is 0.126. The van der Waals surface area contributed by atoms with E-state index in [1.54, 1.807) is 0 Å². The molecule has 0 aliphatic rings. The minimum absolute atomic E-state index is 0. The predicted molar refractivity (Wildman–Crippen MR) is 5.85 cm³/mol. The Morgan fingerprint density at radius 2 is 1.25 bits per heavy atom. The molecule has 0 aliphatic heterocycles. The van der Waals surface area contributed by atoms with Gasteiger partial charge in [-0.2, -0.15) is 0 Å². The molecule has 0 atom stereocenters. The Kier molecular flexibility index (Phi) is 64.4. The van der Waals surface area contributed by atoms with Crippen molar-refractivity contribution in [3.8, 4) is 0 Å². The summed E-state index contributed by atoms with van der Waals surface area (Å²) >= 11 is 3.03. The van der Waals surface area contributed by atoms with Crippen molar-refractivity contribution in [3.05, 3.63) is 0 Å². The van der Waals surface area contributed by atoms with Crippen LogP contribution in [-0.4, -0.2) is 0 Å². The summed E-state index contributed by atoms with van der Waals surface area (Å²) in [5, 5.41) is 0. The van der Waals surface area contributed by atoms with E-state index in [9.17, 15) is 0 Å². The van der Waals surface area contributed by atoms with Crippen molar-refractivity contribution in [2.45, 2.75) is 0 Å². The van der Waals surface area contributed by atoms with Crippen LogP contribution in [-0.2, 0) is 14.8 Å². The van der Waals surface area contributed by atoms with Crippen LogP contribution in [0.15, 0.2) is 0 Å². The maximum absolute atomic E-state index is 4.33. The molecule has 0 unspecified atom stereocenters. The number of rotatable bonds is 0. The molecule has 0 aromatic rings. The standard InChI is InChI=1S/ClH.Co.HI.K/h1H;;1H;/q;+1;;+1/p-2. The zero-order valence-electron chi connectivity index (χ0n) is 2.09. The third kappa shape index (κ3) is 8.94. The molecular weight excluding hydrogens is 260 g/mol. The molecule has 0 saturated carbocycles. The van der Waals surface area contributed by atoms with Gasteiger partial charge < -0.3 is 24.0 Å². The van der Waals surface area contributed by atoms with Crippen molar-refractivity contribution in [2.24, 2.45) is 0 Å². The fraction of sp³-hybridized carbons (Fsp3) is 0. The monoisotopic (exact) mass is 260 g/mol. The van der Waals surface area contributed by atoms with Crippen molar-refractivity contribution in [1.29, 1.82) is 0 Å². The summed E-state index contributed by atoms with van der Waals surface area (Å²) in [6, 6.07) is 0. The fourth-order valence-corrected chi connectivity index (χ4v) is 0. The van der Waals surface area contributed by atoms with E-state index in [0.717, 1.165) is 0 Å². The Labute approximate surface area is 97.7 Å². The molecule has 0 heterocycles. The van der Waals surface area contributed by atoms with Crippen molar-refractivity contribution in [1.82, 2.24) is 0 Å². The molecule has 0 N–H and O–H groups in total. The SMILES string of the molecule is [Cl][Co].[I-].[K+]. The average molecular weight is 260 g/mol. The Bertz CT molecular complexity index is 8.00. The van der Waals surface area contributed by atoms with E-state index in [1.165, 1.54) is 0 Å². The molecule has 24 valence electrons. The quantitative estimate of drug-likeness (QED) is 0.301. The first-order chi connectivity index (χ1) is 1.00. The van der Waals surface area contributed by atoms with Crippen LogP contribution < -0.4 is 75.4 Å². The largest absolute Gasteiger partial charge is 1.00 e. The second-order valence-corrected chi connectivity index (χ2v) is 0. The van der Waals surface area contributed by atoms with Gasteiger partial charge in [0.1, 0.15) is 0 Å². The first kappa shape index (κ1) is 15.7. The van der Waals surface area contributed by atoms with Gasteiger partial charge in [-0.05, 0) is 0 Å². The van der Waals surface area contributed by atoms with E-state index in [1.807, 2.05) is 0 Å². The van der Waals surface area contributed by atoms with Gasteiger partial charge >= 0.3 is 76.4 Å². The van der Waals surface area contributed by atoms with E-state index in [2.05, 4.69) is 25.0 Å². The summed E-state index contributed by atoms with van der Waals surface area (Å²) in [6.45, 7) is 0. The van der Waals surface area contributed by atoms with E-state index in [-0.39, 0.29) is 75.4 Å². The molecule has 0 spiro atoms. The minimum Gasteiger partial charge on any atom is -1.00 e. The summed E-state index contributed by atoms with van der Waals surface area (Å²) in [4.78, 5) is 0. The maximum atomic E-state index is 4.33. The summed E-state index contributed by atoms with van der Waals surface area (Å²) in [7, 11) is 4.33. The molecular formula is ClCoIK. The van der Waals surface area contributed by atoms with Crippen LogP contribution >= 0.6 is 10.1 Å². The summed E-state index contributed by atoms with van der Waals surface area (Å²) in [5.41, 5.74) is 0. The van der Waals surface area contributed by atoms with Crippen LogP contribution in [0.1, 0.15) is 0 Å². The van der Waals surface area contributed by atoms with Gasteiger partial charge in [0.25, 0.3) is 0 Å². The maximum Gasteiger partial charge on any atom is 1.00 e. The fourth-order valence-electron chi connectivity index (χ4n) is 0. The number of hydrogen-bond donors (Lipinski definition) is 0. The second-order valence-electron chi connectivity index (χ2n) is 0. The molecule has 0 rings (SSSR count). The third-order valence-electron chi connectivity index (χ3n) is 0. The summed E-state index contributed by atoms with van der Waals surface area (Å²) < 4.78 is 0. The molecule has 4 heavy (non-hydrogen) atoms. The van der Waals surface area contributed by atoms with Gasteiger partial charge in [0, 0.05) is 0 Å². The molecule has 0 nitrogen and oxygen atoms in total. The van der Waals surface area contributed by atoms with Crippen molar-refractivity contribution < 1.29 is 90.2 Å². The van der Waals surface area contributed by atoms with Gasteiger partial charge in [0.05, 0.1) is 0 Å². The zero-order chi connectivity index (χ0) is 2.00. The van der Waals surface area contributed by atoms with E-state index < -0.39 is 0 Å². The molecule has 0 aromatic carbocycles. The topological polar surface area (TPSA) is 0 Å². The van der Waals surface area contributed by atoms with Gasteiger partial charge in [-0.3, -0.25) is 0 Å². The molecule has 0 amide bonds. The van der Waals surface area contributed by atoms with Gasteiger partial charge in [-0.25, -0.2) is 0 Å². The van der Waals surface area contributed by atoms with Crippen molar-refractivity contribution >= 4 is 10.1 Å². The zero-order valence-corrected chi connectivity index (χ0v) is 9.17. The molecule has 0 aromatic heterocycles. The van der Waals surface area contributed by atoms with Gasteiger partial charge in [0.2, 0.25) is 0 Å². The Balaban J connectivity index is -0.00000000500. The van der Waals surface area contributed by atoms with Crippen LogP contribution in [0.2, 0.25) is 0 Å². The van der Waals surface area contributed by atoms with E-state index in [0.29, 0.717) is 0 Å². The average Bonchev–Trinajstić information content (AvgIpc) is 1.00. The van der Waals surface area contributed by atoms with Gasteiger partial charge in [-0.15, -0.1) is 0 Å². The van der Waals surface area contributed by atoms with Gasteiger partial charge in [-0.1, -0.05) is 0 Å².